The molecule has 0 fully saturated rings. The highest BCUT2D eigenvalue weighted by atomic mass is 16.6. The Bertz CT molecular complexity index is 1410. The average molecular weight is 1150 g/mol. The predicted molar refractivity (Wildman–Crippen MR) is 358 cm³/mol. The molecule has 0 aliphatic carbocycles. The molecule has 480 valence electrons. The first-order chi connectivity index (χ1) is 40.5. The summed E-state index contributed by atoms with van der Waals surface area (Å²) in [5, 5.41) is 0. The van der Waals surface area contributed by atoms with E-state index in [9.17, 15) is 14.4 Å². The van der Waals surface area contributed by atoms with Gasteiger partial charge in [-0.1, -0.05) is 345 Å². The quantitative estimate of drug-likeness (QED) is 0.0261. The summed E-state index contributed by atoms with van der Waals surface area (Å²) in [5.74, 6) is -0.850. The molecule has 1 atom stereocenters. The van der Waals surface area contributed by atoms with Crippen molar-refractivity contribution >= 4 is 17.9 Å². The van der Waals surface area contributed by atoms with Gasteiger partial charge in [0.15, 0.2) is 6.10 Å². The molecule has 0 aliphatic heterocycles. The highest BCUT2D eigenvalue weighted by Gasteiger charge is 2.19. The fourth-order valence-electron chi connectivity index (χ4n) is 11.0. The van der Waals surface area contributed by atoms with Crippen LogP contribution in [0.4, 0.5) is 0 Å². The van der Waals surface area contributed by atoms with Crippen LogP contribution in [0.1, 0.15) is 400 Å². The van der Waals surface area contributed by atoms with Crippen molar-refractivity contribution in [3.63, 3.8) is 0 Å². The topological polar surface area (TPSA) is 78.9 Å². The van der Waals surface area contributed by atoms with E-state index in [-0.39, 0.29) is 31.1 Å². The summed E-state index contributed by atoms with van der Waals surface area (Å²) in [7, 11) is 0. The Hall–Kier alpha value is -2.63. The Kier molecular flexibility index (Phi) is 68.6. The third-order valence-electron chi connectivity index (χ3n) is 16.6. The summed E-state index contributed by atoms with van der Waals surface area (Å²) in [4.78, 5) is 38.5. The van der Waals surface area contributed by atoms with Crippen molar-refractivity contribution in [2.24, 2.45) is 0 Å². The van der Waals surface area contributed by atoms with Gasteiger partial charge >= 0.3 is 17.9 Å². The first-order valence-corrected chi connectivity index (χ1v) is 36.6. The molecule has 0 aromatic carbocycles. The number of rotatable bonds is 68. The number of hydrogen-bond donors (Lipinski definition) is 0. The maximum atomic E-state index is 13.0. The van der Waals surface area contributed by atoms with Crippen LogP contribution in [0.3, 0.4) is 0 Å². The van der Waals surface area contributed by atoms with Crippen LogP contribution in [0, 0.1) is 0 Å². The maximum Gasteiger partial charge on any atom is 0.306 e. The number of carbonyl (C=O) groups is 3. The van der Waals surface area contributed by atoms with Gasteiger partial charge in [-0.3, -0.25) is 14.4 Å². The van der Waals surface area contributed by atoms with E-state index in [1.807, 2.05) is 0 Å². The van der Waals surface area contributed by atoms with Gasteiger partial charge in [-0.05, 0) is 83.5 Å². The van der Waals surface area contributed by atoms with Gasteiger partial charge in [0.1, 0.15) is 13.2 Å². The maximum absolute atomic E-state index is 13.0. The molecule has 1 unspecified atom stereocenters. The van der Waals surface area contributed by atoms with Crippen molar-refractivity contribution in [3.8, 4) is 0 Å². The standard InChI is InChI=1S/C76H140O6/c1-4-7-10-13-16-19-22-25-28-31-33-34-35-36-37-38-39-40-41-42-44-45-48-51-54-57-60-63-66-69-75(78)81-72-73(71-80-74(77)68-65-62-59-56-53-50-47-30-27-24-21-18-15-12-9-6-3)82-76(79)70-67-64-61-58-55-52-49-46-43-32-29-26-23-20-17-14-11-8-5-2/h22,25,30-31,33,35-36,47,73H,4-21,23-24,26-29,32,34,37-46,48-72H2,1-3H3/b25-22-,33-31-,36-35-,47-30-. The number of ether oxygens (including phenoxy) is 3. The van der Waals surface area contributed by atoms with Crippen molar-refractivity contribution in [2.75, 3.05) is 13.2 Å². The van der Waals surface area contributed by atoms with Gasteiger partial charge in [-0.2, -0.15) is 0 Å². The average Bonchev–Trinajstić information content (AvgIpc) is 3.47. The predicted octanol–water partition coefficient (Wildman–Crippen LogP) is 25.3. The Morgan fingerprint density at radius 1 is 0.244 bits per heavy atom. The molecular weight excluding hydrogens is 1010 g/mol. The Balaban J connectivity index is 4.25. The van der Waals surface area contributed by atoms with E-state index in [0.717, 1.165) is 77.0 Å². The van der Waals surface area contributed by atoms with Crippen molar-refractivity contribution in [1.82, 2.24) is 0 Å². The number of esters is 3. The van der Waals surface area contributed by atoms with Gasteiger partial charge in [0, 0.05) is 19.3 Å². The number of carbonyl (C=O) groups excluding carboxylic acids is 3. The molecule has 0 N–H and O–H groups in total. The summed E-state index contributed by atoms with van der Waals surface area (Å²) < 4.78 is 17.0. The zero-order valence-corrected chi connectivity index (χ0v) is 55.3. The first-order valence-electron chi connectivity index (χ1n) is 36.6. The van der Waals surface area contributed by atoms with Crippen LogP contribution in [0.25, 0.3) is 0 Å². The first kappa shape index (κ1) is 79.4. The van der Waals surface area contributed by atoms with E-state index in [2.05, 4.69) is 69.4 Å². The Morgan fingerprint density at radius 2 is 0.439 bits per heavy atom. The normalized spacial score (nSPS) is 12.3. The van der Waals surface area contributed by atoms with Crippen molar-refractivity contribution < 1.29 is 28.6 Å². The molecule has 0 aliphatic rings. The summed E-state index contributed by atoms with van der Waals surface area (Å²) in [6.07, 6.45) is 90.0. The highest BCUT2D eigenvalue weighted by Crippen LogP contribution is 2.18. The van der Waals surface area contributed by atoms with Crippen molar-refractivity contribution in [1.29, 1.82) is 0 Å². The minimum Gasteiger partial charge on any atom is -0.462 e. The molecule has 6 heteroatoms. The van der Waals surface area contributed by atoms with E-state index < -0.39 is 6.10 Å². The molecule has 6 nitrogen and oxygen atoms in total. The van der Waals surface area contributed by atoms with Crippen molar-refractivity contribution in [3.05, 3.63) is 48.6 Å². The van der Waals surface area contributed by atoms with Crippen LogP contribution < -0.4 is 0 Å². The van der Waals surface area contributed by atoms with Gasteiger partial charge in [0.05, 0.1) is 0 Å². The second-order valence-corrected chi connectivity index (χ2v) is 24.9. The molecule has 0 saturated carbocycles. The van der Waals surface area contributed by atoms with E-state index in [1.165, 1.54) is 283 Å². The lowest BCUT2D eigenvalue weighted by atomic mass is 10.0. The molecule has 0 aromatic rings. The molecule has 0 rings (SSSR count). The molecule has 0 spiro atoms. The molecular formula is C76H140O6. The largest absolute Gasteiger partial charge is 0.462 e. The number of unbranched alkanes of at least 4 members (excludes halogenated alkanes) is 49. The molecule has 0 aromatic heterocycles. The molecule has 0 bridgehead atoms. The van der Waals surface area contributed by atoms with Gasteiger partial charge in [0.2, 0.25) is 0 Å². The third kappa shape index (κ3) is 68.2. The van der Waals surface area contributed by atoms with Crippen LogP contribution in [0.2, 0.25) is 0 Å². The molecule has 0 saturated heterocycles. The lowest BCUT2D eigenvalue weighted by molar-refractivity contribution is -0.167. The molecule has 0 amide bonds. The fraction of sp³-hybridized carbons (Fsp3) is 0.855. The third-order valence-corrected chi connectivity index (χ3v) is 16.6. The van der Waals surface area contributed by atoms with E-state index in [4.69, 9.17) is 14.2 Å². The van der Waals surface area contributed by atoms with Crippen LogP contribution in [0.5, 0.6) is 0 Å². The zero-order chi connectivity index (χ0) is 59.2. The second-order valence-electron chi connectivity index (χ2n) is 24.9. The zero-order valence-electron chi connectivity index (χ0n) is 55.3. The van der Waals surface area contributed by atoms with Crippen LogP contribution in [-0.4, -0.2) is 37.2 Å². The van der Waals surface area contributed by atoms with Crippen molar-refractivity contribution in [2.45, 2.75) is 406 Å². The van der Waals surface area contributed by atoms with Crippen LogP contribution in [-0.2, 0) is 28.6 Å². The van der Waals surface area contributed by atoms with Gasteiger partial charge in [-0.25, -0.2) is 0 Å². The summed E-state index contributed by atoms with van der Waals surface area (Å²) in [6, 6.07) is 0. The smallest absolute Gasteiger partial charge is 0.306 e. The molecule has 0 heterocycles. The van der Waals surface area contributed by atoms with E-state index in [1.54, 1.807) is 0 Å². The molecule has 82 heavy (non-hydrogen) atoms. The number of allylic oxidation sites excluding steroid dienone is 8. The lowest BCUT2D eigenvalue weighted by Crippen LogP contribution is -2.30. The monoisotopic (exact) mass is 1150 g/mol. The minimum atomic E-state index is -0.775. The highest BCUT2D eigenvalue weighted by molar-refractivity contribution is 5.71. The Labute approximate surface area is 511 Å². The van der Waals surface area contributed by atoms with Crippen LogP contribution in [0.15, 0.2) is 48.6 Å². The number of hydrogen-bond acceptors (Lipinski definition) is 6. The van der Waals surface area contributed by atoms with Gasteiger partial charge in [0.25, 0.3) is 0 Å². The SMILES string of the molecule is CCCCCCC/C=C\C/C=C\C/C=C\CCCCCCCCCCCCCCCCC(=O)OCC(COC(=O)CCCCCCC/C=C\CCCCCCCCC)OC(=O)CCCCCCCCCCCCCCCCCCCCC. The summed E-state index contributed by atoms with van der Waals surface area (Å²) >= 11 is 0. The minimum absolute atomic E-state index is 0.0710. The Morgan fingerprint density at radius 3 is 0.695 bits per heavy atom. The second kappa shape index (κ2) is 70.9. The van der Waals surface area contributed by atoms with E-state index >= 15 is 0 Å². The lowest BCUT2D eigenvalue weighted by Gasteiger charge is -2.18. The fourth-order valence-corrected chi connectivity index (χ4v) is 11.0. The summed E-state index contributed by atoms with van der Waals surface area (Å²) in [6.45, 7) is 6.69. The van der Waals surface area contributed by atoms with Gasteiger partial charge < -0.3 is 14.2 Å². The van der Waals surface area contributed by atoms with Crippen LogP contribution >= 0.6 is 0 Å². The summed E-state index contributed by atoms with van der Waals surface area (Å²) in [5.41, 5.74) is 0. The van der Waals surface area contributed by atoms with Gasteiger partial charge in [-0.15, -0.1) is 0 Å². The molecule has 0 radical (unpaired) electrons. The van der Waals surface area contributed by atoms with E-state index in [0.29, 0.717) is 19.3 Å².